The van der Waals surface area contributed by atoms with Gasteiger partial charge in [-0.2, -0.15) is 0 Å². The first kappa shape index (κ1) is 12.3. The number of aryl methyl sites for hydroxylation is 2. The summed E-state index contributed by atoms with van der Waals surface area (Å²) in [5, 5.41) is 7.20. The molecule has 0 bridgehead atoms. The minimum absolute atomic E-state index is 0.543. The zero-order valence-electron chi connectivity index (χ0n) is 10.4. The van der Waals surface area contributed by atoms with Gasteiger partial charge in [-0.05, 0) is 56.6 Å². The predicted octanol–water partition coefficient (Wildman–Crippen LogP) is 2.93. The standard InChI is InChI=1S/C13H19N3S/c1-9-7-10(2)14-12(8-9)16-13(17)15-11-5-3-4-6-11/h7-8,11H,3-6H2,1-2H3,(H2,14,15,16,17). The molecule has 2 N–H and O–H groups in total. The molecule has 3 nitrogen and oxygen atoms in total. The molecule has 1 saturated carbocycles. The van der Waals surface area contributed by atoms with E-state index in [4.69, 9.17) is 12.2 Å². The van der Waals surface area contributed by atoms with Crippen molar-refractivity contribution in [2.75, 3.05) is 5.32 Å². The smallest absolute Gasteiger partial charge is 0.172 e. The zero-order chi connectivity index (χ0) is 12.3. The van der Waals surface area contributed by atoms with Gasteiger partial charge < -0.3 is 10.6 Å². The summed E-state index contributed by atoms with van der Waals surface area (Å²) in [6.45, 7) is 4.05. The van der Waals surface area contributed by atoms with Gasteiger partial charge in [0.1, 0.15) is 5.82 Å². The van der Waals surface area contributed by atoms with E-state index < -0.39 is 0 Å². The number of thiocarbonyl (C=S) groups is 1. The summed E-state index contributed by atoms with van der Waals surface area (Å²) in [6, 6.07) is 4.61. The molecule has 0 aromatic carbocycles. The molecule has 1 aromatic heterocycles. The van der Waals surface area contributed by atoms with Crippen molar-refractivity contribution in [3.8, 4) is 0 Å². The highest BCUT2D eigenvalue weighted by atomic mass is 32.1. The minimum Gasteiger partial charge on any atom is -0.360 e. The fraction of sp³-hybridized carbons (Fsp3) is 0.538. The van der Waals surface area contributed by atoms with Gasteiger partial charge in [0.25, 0.3) is 0 Å². The highest BCUT2D eigenvalue weighted by molar-refractivity contribution is 7.80. The van der Waals surface area contributed by atoms with Crippen LogP contribution >= 0.6 is 12.2 Å². The van der Waals surface area contributed by atoms with Crippen LogP contribution in [-0.2, 0) is 0 Å². The number of hydrogen-bond donors (Lipinski definition) is 2. The molecule has 1 heterocycles. The third kappa shape index (κ3) is 3.66. The molecular formula is C13H19N3S. The van der Waals surface area contributed by atoms with Crippen LogP contribution in [0.1, 0.15) is 36.9 Å². The third-order valence-electron chi connectivity index (χ3n) is 3.03. The highest BCUT2D eigenvalue weighted by Gasteiger charge is 2.15. The van der Waals surface area contributed by atoms with Crippen molar-refractivity contribution < 1.29 is 0 Å². The van der Waals surface area contributed by atoms with Crippen LogP contribution in [-0.4, -0.2) is 16.1 Å². The van der Waals surface area contributed by atoms with Crippen LogP contribution in [0.15, 0.2) is 12.1 Å². The van der Waals surface area contributed by atoms with Crippen molar-refractivity contribution in [2.24, 2.45) is 0 Å². The lowest BCUT2D eigenvalue weighted by Gasteiger charge is -2.15. The summed E-state index contributed by atoms with van der Waals surface area (Å²) >= 11 is 5.30. The van der Waals surface area contributed by atoms with E-state index >= 15 is 0 Å². The Morgan fingerprint density at radius 1 is 1.29 bits per heavy atom. The van der Waals surface area contributed by atoms with E-state index in [2.05, 4.69) is 28.6 Å². The number of nitrogens with one attached hydrogen (secondary N) is 2. The molecule has 0 saturated heterocycles. The van der Waals surface area contributed by atoms with Crippen LogP contribution in [0.5, 0.6) is 0 Å². The molecule has 1 aliphatic rings. The van der Waals surface area contributed by atoms with Crippen molar-refractivity contribution in [1.29, 1.82) is 0 Å². The molecule has 4 heteroatoms. The van der Waals surface area contributed by atoms with Gasteiger partial charge in [-0.15, -0.1) is 0 Å². The molecule has 0 spiro atoms. The second-order valence-electron chi connectivity index (χ2n) is 4.75. The second kappa shape index (κ2) is 5.45. The quantitative estimate of drug-likeness (QED) is 0.790. The van der Waals surface area contributed by atoms with Gasteiger partial charge in [-0.3, -0.25) is 0 Å². The molecule has 92 valence electrons. The third-order valence-corrected chi connectivity index (χ3v) is 3.25. The molecule has 0 atom stereocenters. The van der Waals surface area contributed by atoms with Crippen LogP contribution in [0.4, 0.5) is 5.82 Å². The van der Waals surface area contributed by atoms with E-state index in [0.29, 0.717) is 11.2 Å². The summed E-state index contributed by atoms with van der Waals surface area (Å²) in [5.74, 6) is 0.831. The van der Waals surface area contributed by atoms with Crippen molar-refractivity contribution in [1.82, 2.24) is 10.3 Å². The maximum Gasteiger partial charge on any atom is 0.172 e. The van der Waals surface area contributed by atoms with Gasteiger partial charge in [0.15, 0.2) is 5.11 Å². The lowest BCUT2D eigenvalue weighted by atomic mass is 10.2. The van der Waals surface area contributed by atoms with Crippen LogP contribution < -0.4 is 10.6 Å². The first-order chi connectivity index (χ1) is 8.13. The van der Waals surface area contributed by atoms with Gasteiger partial charge in [0.05, 0.1) is 0 Å². The summed E-state index contributed by atoms with van der Waals surface area (Å²) < 4.78 is 0. The fourth-order valence-corrected chi connectivity index (χ4v) is 2.58. The zero-order valence-corrected chi connectivity index (χ0v) is 11.2. The summed E-state index contributed by atoms with van der Waals surface area (Å²) in [4.78, 5) is 4.41. The Morgan fingerprint density at radius 3 is 2.65 bits per heavy atom. The minimum atomic E-state index is 0.543. The van der Waals surface area contributed by atoms with E-state index in [-0.39, 0.29) is 0 Å². The van der Waals surface area contributed by atoms with Crippen molar-refractivity contribution in [2.45, 2.75) is 45.6 Å². The molecule has 1 aliphatic carbocycles. The number of rotatable bonds is 2. The average Bonchev–Trinajstić information content (AvgIpc) is 2.67. The molecule has 2 rings (SSSR count). The largest absolute Gasteiger partial charge is 0.360 e. The summed E-state index contributed by atoms with van der Waals surface area (Å²) in [5.41, 5.74) is 2.21. The van der Waals surface area contributed by atoms with E-state index in [0.717, 1.165) is 11.5 Å². The second-order valence-corrected chi connectivity index (χ2v) is 5.16. The Bertz CT molecular complexity index is 391. The van der Waals surface area contributed by atoms with Crippen LogP contribution in [0.2, 0.25) is 0 Å². The van der Waals surface area contributed by atoms with Crippen molar-refractivity contribution in [3.63, 3.8) is 0 Å². The first-order valence-electron chi connectivity index (χ1n) is 6.16. The van der Waals surface area contributed by atoms with Crippen molar-refractivity contribution >= 4 is 23.1 Å². The Kier molecular flexibility index (Phi) is 3.94. The highest BCUT2D eigenvalue weighted by Crippen LogP contribution is 2.17. The predicted molar refractivity (Wildman–Crippen MR) is 75.3 cm³/mol. The van der Waals surface area contributed by atoms with Crippen LogP contribution in [0, 0.1) is 13.8 Å². The van der Waals surface area contributed by atoms with E-state index in [1.54, 1.807) is 0 Å². The topological polar surface area (TPSA) is 37.0 Å². The number of pyridine rings is 1. The van der Waals surface area contributed by atoms with E-state index in [1.165, 1.54) is 31.2 Å². The normalized spacial score (nSPS) is 15.9. The van der Waals surface area contributed by atoms with E-state index in [9.17, 15) is 0 Å². The number of nitrogens with zero attached hydrogens (tertiary/aromatic N) is 1. The van der Waals surface area contributed by atoms with Gasteiger partial charge >= 0.3 is 0 Å². The number of hydrogen-bond acceptors (Lipinski definition) is 2. The summed E-state index contributed by atoms with van der Waals surface area (Å²) in [6.07, 6.45) is 5.06. The molecule has 1 aromatic rings. The number of aromatic nitrogens is 1. The molecule has 0 aliphatic heterocycles. The van der Waals surface area contributed by atoms with Gasteiger partial charge in [-0.1, -0.05) is 12.8 Å². The Morgan fingerprint density at radius 2 is 2.00 bits per heavy atom. The van der Waals surface area contributed by atoms with Crippen LogP contribution in [0.3, 0.4) is 0 Å². The maximum absolute atomic E-state index is 5.30. The van der Waals surface area contributed by atoms with Gasteiger partial charge in [0.2, 0.25) is 0 Å². The maximum atomic E-state index is 5.30. The molecule has 0 radical (unpaired) electrons. The molecular weight excluding hydrogens is 230 g/mol. The molecule has 0 unspecified atom stereocenters. The first-order valence-corrected chi connectivity index (χ1v) is 6.57. The van der Waals surface area contributed by atoms with E-state index in [1.807, 2.05) is 13.0 Å². The Hall–Kier alpha value is -1.16. The Balaban J connectivity index is 1.92. The van der Waals surface area contributed by atoms with Gasteiger partial charge in [-0.25, -0.2) is 4.98 Å². The summed E-state index contributed by atoms with van der Waals surface area (Å²) in [7, 11) is 0. The lowest BCUT2D eigenvalue weighted by molar-refractivity contribution is 0.634. The fourth-order valence-electron chi connectivity index (χ4n) is 2.31. The molecule has 17 heavy (non-hydrogen) atoms. The monoisotopic (exact) mass is 249 g/mol. The van der Waals surface area contributed by atoms with Crippen LogP contribution in [0.25, 0.3) is 0 Å². The van der Waals surface area contributed by atoms with Gasteiger partial charge in [0, 0.05) is 11.7 Å². The SMILES string of the molecule is Cc1cc(C)nc(NC(=S)NC2CCCC2)c1. The van der Waals surface area contributed by atoms with Crippen molar-refractivity contribution in [3.05, 3.63) is 23.4 Å². The molecule has 0 amide bonds. The Labute approximate surface area is 108 Å². The average molecular weight is 249 g/mol. The lowest BCUT2D eigenvalue weighted by Crippen LogP contribution is -2.36. The molecule has 1 fully saturated rings. The number of anilines is 1.